The molecular weight excluding hydrogens is 364 g/mol. The van der Waals surface area contributed by atoms with Gasteiger partial charge in [-0.2, -0.15) is 0 Å². The van der Waals surface area contributed by atoms with Crippen molar-refractivity contribution in [3.05, 3.63) is 63.7 Å². The zero-order valence-corrected chi connectivity index (χ0v) is 15.3. The van der Waals surface area contributed by atoms with Crippen LogP contribution in [0.2, 0.25) is 0 Å². The van der Waals surface area contributed by atoms with E-state index in [9.17, 15) is 0 Å². The molecule has 5 atom stereocenters. The zero-order valence-electron chi connectivity index (χ0n) is 14.2. The number of ether oxygens (including phenoxy) is 5. The molecule has 0 amide bonds. The van der Waals surface area contributed by atoms with Crippen molar-refractivity contribution < 1.29 is 40.8 Å². The summed E-state index contributed by atoms with van der Waals surface area (Å²) in [5, 5.41) is 0. The Kier molecular flexibility index (Phi) is 6.87. The summed E-state index contributed by atoms with van der Waals surface area (Å²) in [6.45, 7) is 4.27. The van der Waals surface area contributed by atoms with Crippen molar-refractivity contribution in [3.63, 3.8) is 0 Å². The molecule has 25 heavy (non-hydrogen) atoms. The molecule has 2 saturated carbocycles. The van der Waals surface area contributed by atoms with E-state index in [1.807, 2.05) is 71.6 Å². The largest absolute Gasteiger partial charge is 2.00 e. The standard InChI is InChI=1S/C14H17O5.C5H5.Fe/c1-14(2)18-11-10-9(16-13(11)19-14)7-15-12(17-10)8-5-3-4-6-8;1-2-4-5-3-1;/h3-6,9-13H,7H2,1-2H3;1-5H;/q;;+2/t9-,10+,11-,12?,13-;;/m1../s1. The van der Waals surface area contributed by atoms with Crippen LogP contribution in [0.3, 0.4) is 0 Å². The average Bonchev–Trinajstić information content (AvgIpc) is 3.32. The maximum Gasteiger partial charge on any atom is 2.00 e. The van der Waals surface area contributed by atoms with Crippen LogP contribution in [-0.4, -0.2) is 43.3 Å². The Morgan fingerprint density at radius 1 is 0.840 bits per heavy atom. The molecule has 6 heteroatoms. The summed E-state index contributed by atoms with van der Waals surface area (Å²) >= 11 is 0. The predicted octanol–water partition coefficient (Wildman–Crippen LogP) is 2.03. The van der Waals surface area contributed by atoms with Crippen molar-refractivity contribution in [1.29, 1.82) is 0 Å². The number of hydrogen-bond donors (Lipinski definition) is 0. The molecule has 5 aliphatic rings. The number of hydrogen-bond acceptors (Lipinski definition) is 5. The molecule has 1 unspecified atom stereocenters. The molecule has 0 aromatic rings. The molecule has 0 bridgehead atoms. The van der Waals surface area contributed by atoms with E-state index < -0.39 is 5.79 Å². The van der Waals surface area contributed by atoms with Gasteiger partial charge in [0, 0.05) is 5.92 Å². The Labute approximate surface area is 161 Å². The fraction of sp³-hybridized carbons (Fsp3) is 0.474. The van der Waals surface area contributed by atoms with Gasteiger partial charge in [0.05, 0.1) is 6.61 Å². The van der Waals surface area contributed by atoms with Gasteiger partial charge in [0.25, 0.3) is 0 Å². The third-order valence-electron chi connectivity index (χ3n) is 4.30. The van der Waals surface area contributed by atoms with Crippen LogP contribution in [0.25, 0.3) is 0 Å². The second-order valence-corrected chi connectivity index (χ2v) is 6.59. The van der Waals surface area contributed by atoms with Gasteiger partial charge in [0.2, 0.25) is 0 Å². The second kappa shape index (κ2) is 8.55. The first-order chi connectivity index (χ1) is 11.6. The first-order valence-corrected chi connectivity index (χ1v) is 8.29. The van der Waals surface area contributed by atoms with Crippen LogP contribution < -0.4 is 0 Å². The van der Waals surface area contributed by atoms with Crippen molar-refractivity contribution in [2.24, 2.45) is 0 Å². The maximum absolute atomic E-state index is 6.01. The van der Waals surface area contributed by atoms with Gasteiger partial charge in [-0.15, -0.1) is 0 Å². The molecule has 0 aromatic heterocycles. The van der Waals surface area contributed by atoms with E-state index in [0.717, 1.165) is 5.92 Å². The molecule has 3 aliphatic heterocycles. The average molecular weight is 386 g/mol. The summed E-state index contributed by atoms with van der Waals surface area (Å²) in [5.41, 5.74) is 0. The molecule has 5 rings (SSSR count). The second-order valence-electron chi connectivity index (χ2n) is 6.59. The Balaban J connectivity index is 0.000000264. The third kappa shape index (κ3) is 4.60. The summed E-state index contributed by atoms with van der Waals surface area (Å²) in [6, 6.07) is 0. The fourth-order valence-electron chi connectivity index (χ4n) is 3.25. The topological polar surface area (TPSA) is 46.2 Å². The van der Waals surface area contributed by atoms with Gasteiger partial charge in [0.1, 0.15) is 18.3 Å². The molecule has 10 radical (unpaired) electrons. The van der Waals surface area contributed by atoms with Crippen molar-refractivity contribution in [1.82, 2.24) is 0 Å². The predicted molar refractivity (Wildman–Crippen MR) is 85.3 cm³/mol. The van der Waals surface area contributed by atoms with E-state index in [2.05, 4.69) is 0 Å². The van der Waals surface area contributed by atoms with E-state index in [-0.39, 0.29) is 48.0 Å². The Bertz CT molecular complexity index is 414. The van der Waals surface area contributed by atoms with Crippen LogP contribution in [0.5, 0.6) is 0 Å². The Morgan fingerprint density at radius 3 is 2.12 bits per heavy atom. The summed E-state index contributed by atoms with van der Waals surface area (Å²) in [7, 11) is 0. The molecule has 0 aromatic carbocycles. The smallest absolute Gasteiger partial charge is 0.349 e. The van der Waals surface area contributed by atoms with Crippen LogP contribution in [0, 0.1) is 63.7 Å². The molecule has 0 spiro atoms. The van der Waals surface area contributed by atoms with Gasteiger partial charge in [-0.05, 0) is 71.6 Å². The summed E-state index contributed by atoms with van der Waals surface area (Å²) < 4.78 is 29.1. The van der Waals surface area contributed by atoms with Crippen LogP contribution in [-0.2, 0) is 40.8 Å². The molecule has 0 N–H and O–H groups in total. The normalized spacial score (nSPS) is 42.2. The first-order valence-electron chi connectivity index (χ1n) is 8.29. The van der Waals surface area contributed by atoms with E-state index in [0.29, 0.717) is 6.61 Å². The number of rotatable bonds is 1. The van der Waals surface area contributed by atoms with E-state index in [4.69, 9.17) is 23.7 Å². The SMILES string of the molecule is CC1(C)O[C@H]2O[C@@H]3COC([C]4[CH][CH][CH][CH]4)O[C@@H]3[C@H]2O1.[CH]1[CH][CH][CH][CH]1.[Fe+2]. The van der Waals surface area contributed by atoms with Crippen LogP contribution in [0.4, 0.5) is 0 Å². The van der Waals surface area contributed by atoms with Crippen LogP contribution >= 0.6 is 0 Å². The molecule has 3 saturated heterocycles. The van der Waals surface area contributed by atoms with Gasteiger partial charge in [-0.1, -0.05) is 0 Å². The first kappa shape index (κ1) is 20.1. The molecule has 3 heterocycles. The van der Waals surface area contributed by atoms with Gasteiger partial charge in [0.15, 0.2) is 18.4 Å². The van der Waals surface area contributed by atoms with E-state index in [1.54, 1.807) is 0 Å². The molecule has 5 nitrogen and oxygen atoms in total. The van der Waals surface area contributed by atoms with Crippen LogP contribution in [0.1, 0.15) is 13.8 Å². The monoisotopic (exact) mass is 386 g/mol. The zero-order chi connectivity index (χ0) is 16.6. The molecule has 134 valence electrons. The van der Waals surface area contributed by atoms with Gasteiger partial charge in [-0.3, -0.25) is 0 Å². The minimum absolute atomic E-state index is 0. The van der Waals surface area contributed by atoms with Crippen molar-refractivity contribution in [2.75, 3.05) is 6.61 Å². The van der Waals surface area contributed by atoms with E-state index >= 15 is 0 Å². The summed E-state index contributed by atoms with van der Waals surface area (Å²) in [6.07, 6.45) is 16.8. The van der Waals surface area contributed by atoms with Gasteiger partial charge >= 0.3 is 17.1 Å². The van der Waals surface area contributed by atoms with Crippen LogP contribution in [0.15, 0.2) is 0 Å². The van der Waals surface area contributed by atoms with E-state index in [1.165, 1.54) is 0 Å². The molecule has 2 aliphatic carbocycles. The number of fused-ring (bicyclic) bond motifs is 3. The minimum atomic E-state index is -0.613. The van der Waals surface area contributed by atoms with Gasteiger partial charge < -0.3 is 23.7 Å². The maximum atomic E-state index is 6.01. The molecular formula is C19H22FeO5+2. The third-order valence-corrected chi connectivity index (χ3v) is 4.30. The summed E-state index contributed by atoms with van der Waals surface area (Å²) in [4.78, 5) is 0. The fourth-order valence-corrected chi connectivity index (χ4v) is 3.25. The van der Waals surface area contributed by atoms with Crippen molar-refractivity contribution >= 4 is 0 Å². The van der Waals surface area contributed by atoms with Gasteiger partial charge in [-0.25, -0.2) is 0 Å². The van der Waals surface area contributed by atoms with Crippen molar-refractivity contribution in [2.45, 2.75) is 50.5 Å². The Morgan fingerprint density at radius 2 is 1.48 bits per heavy atom. The molecule has 5 fully saturated rings. The van der Waals surface area contributed by atoms with Crippen molar-refractivity contribution in [3.8, 4) is 0 Å². The Hall–Kier alpha value is 0.319. The summed E-state index contributed by atoms with van der Waals surface area (Å²) in [5.74, 6) is 0.415. The minimum Gasteiger partial charge on any atom is -0.349 e. The quantitative estimate of drug-likeness (QED) is 0.646.